The molecule has 7 nitrogen and oxygen atoms in total. The Labute approximate surface area is 217 Å². The lowest BCUT2D eigenvalue weighted by Gasteiger charge is -2.20. The molecular weight excluding hydrogens is 538 g/mol. The van der Waals surface area contributed by atoms with Crippen LogP contribution in [0, 0.1) is 11.3 Å². The van der Waals surface area contributed by atoms with E-state index in [1.807, 2.05) is 19.0 Å². The van der Waals surface area contributed by atoms with Crippen molar-refractivity contribution >= 4 is 28.9 Å². The van der Waals surface area contributed by atoms with E-state index in [4.69, 9.17) is 10.00 Å². The fraction of sp³-hybridized carbons (Fsp3) is 0.292. The van der Waals surface area contributed by atoms with Gasteiger partial charge in [-0.25, -0.2) is 0 Å². The van der Waals surface area contributed by atoms with Crippen LogP contribution in [0.5, 0.6) is 17.2 Å². The molecule has 1 amide bonds. The molecular formula is C24H20F6N4O3S. The van der Waals surface area contributed by atoms with Gasteiger partial charge < -0.3 is 19.3 Å². The first-order valence-electron chi connectivity index (χ1n) is 10.7. The van der Waals surface area contributed by atoms with Crippen LogP contribution in [0.4, 0.5) is 26.3 Å². The molecule has 0 aromatic heterocycles. The Bertz CT molecular complexity index is 1320. The van der Waals surface area contributed by atoms with E-state index in [-0.39, 0.29) is 16.0 Å². The minimum absolute atomic E-state index is 0.0933. The number of amides is 1. The summed E-state index contributed by atoms with van der Waals surface area (Å²) in [5.74, 6) is -3.00. The van der Waals surface area contributed by atoms with E-state index in [1.165, 1.54) is 12.1 Å². The van der Waals surface area contributed by atoms with Crippen LogP contribution in [0.1, 0.15) is 16.7 Å². The number of nitrogens with zero attached hydrogens (tertiary/aromatic N) is 4. The second kappa shape index (κ2) is 11.4. The zero-order chi connectivity index (χ0) is 28.3. The van der Waals surface area contributed by atoms with Gasteiger partial charge in [0.05, 0.1) is 22.1 Å². The standard InChI is InChI=1S/C24H20F6N4O3S/c1-33(2)8-9-34(3)22-32-21(35)20(38-22)12-14-4-7-18(19(11-14)37-24(28,29)30)36-17-6-5-15(13-31)10-16(17)23(25,26)27/h4-7,10-12H,8-9H2,1-3H3. The number of alkyl halides is 6. The Morgan fingerprint density at radius 3 is 2.29 bits per heavy atom. The number of carbonyl (C=O) groups excluding carboxylic acids is 1. The average Bonchev–Trinajstić information content (AvgIpc) is 3.17. The number of hydrogen-bond acceptors (Lipinski definition) is 7. The third kappa shape index (κ3) is 7.65. The number of likely N-dealkylation sites (N-methyl/N-ethyl adjacent to an activating group) is 2. The van der Waals surface area contributed by atoms with Gasteiger partial charge in [0.2, 0.25) is 0 Å². The van der Waals surface area contributed by atoms with Gasteiger partial charge in [-0.05, 0) is 67.8 Å². The van der Waals surface area contributed by atoms with Crippen molar-refractivity contribution in [3.05, 3.63) is 58.0 Å². The van der Waals surface area contributed by atoms with Gasteiger partial charge >= 0.3 is 12.5 Å². The van der Waals surface area contributed by atoms with Crippen LogP contribution in [-0.2, 0) is 11.0 Å². The van der Waals surface area contributed by atoms with Crippen molar-refractivity contribution < 1.29 is 40.6 Å². The summed E-state index contributed by atoms with van der Waals surface area (Å²) in [5, 5.41) is 9.31. The number of aliphatic imine (C=N–C) groups is 1. The molecule has 0 spiro atoms. The Balaban J connectivity index is 1.92. The van der Waals surface area contributed by atoms with E-state index < -0.39 is 41.3 Å². The summed E-state index contributed by atoms with van der Waals surface area (Å²) < 4.78 is 88.9. The molecule has 1 aliphatic heterocycles. The van der Waals surface area contributed by atoms with Gasteiger partial charge in [-0.15, -0.1) is 13.2 Å². The molecule has 1 aliphatic rings. The lowest BCUT2D eigenvalue weighted by atomic mass is 10.1. The Kier molecular flexibility index (Phi) is 8.63. The van der Waals surface area contributed by atoms with E-state index in [9.17, 15) is 31.1 Å². The zero-order valence-electron chi connectivity index (χ0n) is 20.1. The van der Waals surface area contributed by atoms with Crippen LogP contribution < -0.4 is 9.47 Å². The number of thioether (sulfide) groups is 1. The monoisotopic (exact) mass is 558 g/mol. The molecule has 0 unspecified atom stereocenters. The van der Waals surface area contributed by atoms with Crippen molar-refractivity contribution in [1.82, 2.24) is 9.80 Å². The molecule has 2 aromatic carbocycles. The highest BCUT2D eigenvalue weighted by Gasteiger charge is 2.36. The fourth-order valence-corrected chi connectivity index (χ4v) is 3.99. The van der Waals surface area contributed by atoms with Gasteiger partial charge in [0, 0.05) is 20.1 Å². The van der Waals surface area contributed by atoms with E-state index in [0.717, 1.165) is 36.0 Å². The third-order valence-electron chi connectivity index (χ3n) is 4.94. The molecule has 3 rings (SSSR count). The summed E-state index contributed by atoms with van der Waals surface area (Å²) in [6.07, 6.45) is -8.85. The summed E-state index contributed by atoms with van der Waals surface area (Å²) in [4.78, 5) is 20.2. The first kappa shape index (κ1) is 28.9. The van der Waals surface area contributed by atoms with E-state index in [1.54, 1.807) is 18.0 Å². The number of benzene rings is 2. The maximum atomic E-state index is 13.5. The maximum Gasteiger partial charge on any atom is 0.573 e. The van der Waals surface area contributed by atoms with Gasteiger partial charge in [-0.2, -0.15) is 23.4 Å². The smallest absolute Gasteiger partial charge is 0.453 e. The van der Waals surface area contributed by atoms with E-state index >= 15 is 0 Å². The minimum Gasteiger partial charge on any atom is -0.453 e. The molecule has 1 heterocycles. The molecule has 0 saturated heterocycles. The molecule has 38 heavy (non-hydrogen) atoms. The number of hydrogen-bond donors (Lipinski definition) is 0. The Morgan fingerprint density at radius 2 is 1.68 bits per heavy atom. The largest absolute Gasteiger partial charge is 0.573 e. The lowest BCUT2D eigenvalue weighted by Crippen LogP contribution is -2.31. The number of carbonyl (C=O) groups is 1. The van der Waals surface area contributed by atoms with Crippen LogP contribution in [0.25, 0.3) is 6.08 Å². The topological polar surface area (TPSA) is 78.2 Å². The number of amidine groups is 1. The number of rotatable bonds is 7. The molecule has 0 atom stereocenters. The first-order valence-corrected chi connectivity index (χ1v) is 11.6. The van der Waals surface area contributed by atoms with Gasteiger partial charge in [0.15, 0.2) is 16.7 Å². The molecule has 0 saturated carbocycles. The number of halogens is 6. The number of nitriles is 1. The molecule has 2 aromatic rings. The van der Waals surface area contributed by atoms with Crippen LogP contribution in [-0.4, -0.2) is 61.5 Å². The molecule has 202 valence electrons. The van der Waals surface area contributed by atoms with Gasteiger partial charge in [0.25, 0.3) is 5.91 Å². The molecule has 14 heteroatoms. The predicted octanol–water partition coefficient (Wildman–Crippen LogP) is 5.73. The van der Waals surface area contributed by atoms with Crippen LogP contribution in [0.15, 0.2) is 46.3 Å². The minimum atomic E-state index is -5.19. The summed E-state index contributed by atoms with van der Waals surface area (Å²) in [6.45, 7) is 1.27. The van der Waals surface area contributed by atoms with Crippen molar-refractivity contribution in [2.24, 2.45) is 4.99 Å². The highest BCUT2D eigenvalue weighted by molar-refractivity contribution is 8.18. The van der Waals surface area contributed by atoms with Crippen molar-refractivity contribution in [2.75, 3.05) is 34.2 Å². The molecule has 0 bridgehead atoms. The van der Waals surface area contributed by atoms with Gasteiger partial charge in [-0.1, -0.05) is 6.07 Å². The summed E-state index contributed by atoms with van der Waals surface area (Å²) >= 11 is 1.03. The first-order chi connectivity index (χ1) is 17.7. The van der Waals surface area contributed by atoms with Crippen molar-refractivity contribution in [1.29, 1.82) is 5.26 Å². The lowest BCUT2D eigenvalue weighted by molar-refractivity contribution is -0.275. The summed E-state index contributed by atoms with van der Waals surface area (Å²) in [6, 6.07) is 7.07. The normalized spacial score (nSPS) is 15.0. The quantitative estimate of drug-likeness (QED) is 0.317. The van der Waals surface area contributed by atoms with Crippen LogP contribution in [0.2, 0.25) is 0 Å². The second-order valence-electron chi connectivity index (χ2n) is 8.21. The molecule has 0 aliphatic carbocycles. The molecule has 0 radical (unpaired) electrons. The van der Waals surface area contributed by atoms with Gasteiger partial charge in [-0.3, -0.25) is 4.79 Å². The highest BCUT2D eigenvalue weighted by Crippen LogP contribution is 2.42. The average molecular weight is 559 g/mol. The predicted molar refractivity (Wildman–Crippen MR) is 129 cm³/mol. The van der Waals surface area contributed by atoms with Gasteiger partial charge in [0.1, 0.15) is 5.75 Å². The van der Waals surface area contributed by atoms with Crippen LogP contribution >= 0.6 is 11.8 Å². The van der Waals surface area contributed by atoms with Crippen molar-refractivity contribution in [3.8, 4) is 23.3 Å². The second-order valence-corrected chi connectivity index (χ2v) is 9.22. The molecule has 0 N–H and O–H groups in total. The van der Waals surface area contributed by atoms with E-state index in [2.05, 4.69) is 9.73 Å². The highest BCUT2D eigenvalue weighted by atomic mass is 32.2. The Morgan fingerprint density at radius 1 is 1.00 bits per heavy atom. The van der Waals surface area contributed by atoms with Crippen molar-refractivity contribution in [2.45, 2.75) is 12.5 Å². The van der Waals surface area contributed by atoms with Crippen LogP contribution in [0.3, 0.4) is 0 Å². The third-order valence-corrected chi connectivity index (χ3v) is 6.04. The Hall–Kier alpha value is -3.70. The summed E-state index contributed by atoms with van der Waals surface area (Å²) in [5.41, 5.74) is -1.57. The fourth-order valence-electron chi connectivity index (χ4n) is 3.09. The maximum absolute atomic E-state index is 13.5. The van der Waals surface area contributed by atoms with E-state index in [0.29, 0.717) is 24.3 Å². The SMILES string of the molecule is CN(C)CCN(C)C1=NC(=O)C(=Cc2ccc(Oc3ccc(C#N)cc3C(F)(F)F)c(OC(F)(F)F)c2)S1. The zero-order valence-corrected chi connectivity index (χ0v) is 21.0. The van der Waals surface area contributed by atoms with Crippen molar-refractivity contribution in [3.63, 3.8) is 0 Å². The summed E-state index contributed by atoms with van der Waals surface area (Å²) in [7, 11) is 5.51. The molecule has 0 fully saturated rings. The number of ether oxygens (including phenoxy) is 2.